The van der Waals surface area contributed by atoms with E-state index < -0.39 is 0 Å². The summed E-state index contributed by atoms with van der Waals surface area (Å²) in [7, 11) is 0. The summed E-state index contributed by atoms with van der Waals surface area (Å²) in [6.45, 7) is 2.29. The monoisotopic (exact) mass is 349 g/mol. The predicted molar refractivity (Wildman–Crippen MR) is 105 cm³/mol. The summed E-state index contributed by atoms with van der Waals surface area (Å²) < 4.78 is 14.1. The van der Waals surface area contributed by atoms with Gasteiger partial charge in [0.25, 0.3) is 0 Å². The summed E-state index contributed by atoms with van der Waals surface area (Å²) in [5.74, 6) is 1.51. The minimum Gasteiger partial charge on any atom is -0.206 e. The number of aryl methyl sites for hydroxylation is 1. The summed E-state index contributed by atoms with van der Waals surface area (Å²) in [4.78, 5) is 0. The second-order valence-corrected chi connectivity index (χ2v) is 7.72. The Morgan fingerprint density at radius 1 is 0.962 bits per heavy atom. The van der Waals surface area contributed by atoms with Gasteiger partial charge in [0.05, 0.1) is 11.6 Å². The molecule has 2 aromatic rings. The third-order valence-corrected chi connectivity index (χ3v) is 5.87. The van der Waals surface area contributed by atoms with Crippen LogP contribution in [0.4, 0.5) is 4.39 Å². The molecular formula is C24H28FN. The Labute approximate surface area is 156 Å². The van der Waals surface area contributed by atoms with E-state index in [1.54, 1.807) is 12.1 Å². The first-order chi connectivity index (χ1) is 12.7. The van der Waals surface area contributed by atoms with Gasteiger partial charge in [-0.15, -0.1) is 0 Å². The van der Waals surface area contributed by atoms with Gasteiger partial charge in [-0.1, -0.05) is 75.8 Å². The maximum absolute atomic E-state index is 14.1. The first kappa shape index (κ1) is 18.6. The molecule has 0 aromatic heterocycles. The quantitative estimate of drug-likeness (QED) is 0.556. The van der Waals surface area contributed by atoms with Gasteiger partial charge in [-0.2, -0.15) is 5.26 Å². The molecule has 3 rings (SSSR count). The van der Waals surface area contributed by atoms with E-state index >= 15 is 0 Å². The van der Waals surface area contributed by atoms with E-state index in [4.69, 9.17) is 5.26 Å². The van der Waals surface area contributed by atoms with E-state index in [0.29, 0.717) is 11.1 Å². The SMILES string of the molecule is CCCC1CCC(CCc2ccc(-c3ccc(C#N)cc3F)cc2)CC1. The van der Waals surface area contributed by atoms with Crippen LogP contribution in [0.5, 0.6) is 0 Å². The standard InChI is InChI=1S/C24H28FN/c1-2-3-18-4-6-19(7-5-18)8-9-20-10-13-22(14-11-20)23-15-12-21(17-26)16-24(23)25/h10-16,18-19H,2-9H2,1H3. The van der Waals surface area contributed by atoms with Crippen LogP contribution in [0, 0.1) is 29.0 Å². The van der Waals surface area contributed by atoms with Gasteiger partial charge in [-0.05, 0) is 47.9 Å². The summed E-state index contributed by atoms with van der Waals surface area (Å²) in [6.07, 6.45) is 10.7. The summed E-state index contributed by atoms with van der Waals surface area (Å²) in [5, 5.41) is 8.85. The lowest BCUT2D eigenvalue weighted by Gasteiger charge is -2.28. The fourth-order valence-electron chi connectivity index (χ4n) is 4.26. The summed E-state index contributed by atoms with van der Waals surface area (Å²) in [5.41, 5.74) is 3.12. The molecule has 0 spiro atoms. The van der Waals surface area contributed by atoms with Gasteiger partial charge < -0.3 is 0 Å². The maximum Gasteiger partial charge on any atom is 0.132 e. The lowest BCUT2D eigenvalue weighted by Crippen LogP contribution is -2.15. The number of hydrogen-bond donors (Lipinski definition) is 0. The molecule has 1 fully saturated rings. The zero-order valence-electron chi connectivity index (χ0n) is 15.7. The van der Waals surface area contributed by atoms with E-state index in [1.165, 1.54) is 56.6 Å². The van der Waals surface area contributed by atoms with Crippen molar-refractivity contribution in [1.29, 1.82) is 5.26 Å². The predicted octanol–water partition coefficient (Wildman–Crippen LogP) is 6.90. The summed E-state index contributed by atoms with van der Waals surface area (Å²) in [6, 6.07) is 14.9. The van der Waals surface area contributed by atoms with E-state index in [9.17, 15) is 4.39 Å². The molecule has 0 bridgehead atoms. The Bertz CT molecular complexity index is 749. The van der Waals surface area contributed by atoms with Crippen molar-refractivity contribution >= 4 is 0 Å². The molecule has 0 aliphatic heterocycles. The molecule has 0 heterocycles. The Kier molecular flexibility index (Phi) is 6.45. The van der Waals surface area contributed by atoms with Crippen molar-refractivity contribution in [3.05, 3.63) is 59.4 Å². The van der Waals surface area contributed by atoms with Crippen LogP contribution in [0.25, 0.3) is 11.1 Å². The van der Waals surface area contributed by atoms with Crippen molar-refractivity contribution in [1.82, 2.24) is 0 Å². The van der Waals surface area contributed by atoms with E-state index in [1.807, 2.05) is 18.2 Å². The van der Waals surface area contributed by atoms with Crippen molar-refractivity contribution < 1.29 is 4.39 Å². The molecule has 1 nitrogen and oxygen atoms in total. The molecule has 0 atom stereocenters. The van der Waals surface area contributed by atoms with Gasteiger partial charge in [0.2, 0.25) is 0 Å². The van der Waals surface area contributed by atoms with Gasteiger partial charge >= 0.3 is 0 Å². The average molecular weight is 349 g/mol. The Balaban J connectivity index is 1.55. The molecule has 2 aromatic carbocycles. The second kappa shape index (κ2) is 8.99. The third-order valence-electron chi connectivity index (χ3n) is 5.87. The highest BCUT2D eigenvalue weighted by atomic mass is 19.1. The number of benzene rings is 2. The third kappa shape index (κ3) is 4.73. The minimum absolute atomic E-state index is 0.333. The highest BCUT2D eigenvalue weighted by Crippen LogP contribution is 2.34. The van der Waals surface area contributed by atoms with Crippen molar-refractivity contribution in [3.63, 3.8) is 0 Å². The van der Waals surface area contributed by atoms with Crippen molar-refractivity contribution in [2.75, 3.05) is 0 Å². The molecule has 0 saturated heterocycles. The van der Waals surface area contributed by atoms with Crippen LogP contribution >= 0.6 is 0 Å². The average Bonchev–Trinajstić information content (AvgIpc) is 2.68. The fraction of sp³-hybridized carbons (Fsp3) is 0.458. The molecule has 0 radical (unpaired) electrons. The molecule has 0 N–H and O–H groups in total. The van der Waals surface area contributed by atoms with Gasteiger partial charge in [-0.3, -0.25) is 0 Å². The number of nitrogens with zero attached hydrogens (tertiary/aromatic N) is 1. The van der Waals surface area contributed by atoms with Crippen molar-refractivity contribution in [2.24, 2.45) is 11.8 Å². The Morgan fingerprint density at radius 3 is 2.19 bits per heavy atom. The van der Waals surface area contributed by atoms with Gasteiger partial charge in [0.1, 0.15) is 5.82 Å². The second-order valence-electron chi connectivity index (χ2n) is 7.72. The Morgan fingerprint density at radius 2 is 1.62 bits per heavy atom. The molecule has 0 unspecified atom stereocenters. The first-order valence-electron chi connectivity index (χ1n) is 9.98. The summed E-state index contributed by atoms with van der Waals surface area (Å²) >= 11 is 0. The number of rotatable bonds is 6. The number of hydrogen-bond acceptors (Lipinski definition) is 1. The molecule has 136 valence electrons. The Hall–Kier alpha value is -2.14. The highest BCUT2D eigenvalue weighted by molar-refractivity contribution is 5.65. The lowest BCUT2D eigenvalue weighted by atomic mass is 9.78. The van der Waals surface area contributed by atoms with Crippen molar-refractivity contribution in [2.45, 2.75) is 58.3 Å². The number of nitriles is 1. The molecule has 26 heavy (non-hydrogen) atoms. The zero-order chi connectivity index (χ0) is 18.4. The molecular weight excluding hydrogens is 321 g/mol. The van der Waals surface area contributed by atoms with Crippen LogP contribution in [0.2, 0.25) is 0 Å². The highest BCUT2D eigenvalue weighted by Gasteiger charge is 2.20. The van der Waals surface area contributed by atoms with Gasteiger partial charge in [0.15, 0.2) is 0 Å². The maximum atomic E-state index is 14.1. The smallest absolute Gasteiger partial charge is 0.132 e. The first-order valence-corrected chi connectivity index (χ1v) is 9.98. The molecule has 1 aliphatic carbocycles. The minimum atomic E-state index is -0.333. The van der Waals surface area contributed by atoms with Crippen LogP contribution in [0.3, 0.4) is 0 Å². The van der Waals surface area contributed by atoms with Gasteiger partial charge in [0, 0.05) is 5.56 Å². The van der Waals surface area contributed by atoms with Gasteiger partial charge in [-0.25, -0.2) is 4.39 Å². The van der Waals surface area contributed by atoms with Crippen LogP contribution in [0.15, 0.2) is 42.5 Å². The molecule has 1 aliphatic rings. The van der Waals surface area contributed by atoms with E-state index in [2.05, 4.69) is 19.1 Å². The largest absolute Gasteiger partial charge is 0.206 e. The van der Waals surface area contributed by atoms with Crippen LogP contribution in [-0.4, -0.2) is 0 Å². The topological polar surface area (TPSA) is 23.8 Å². The van der Waals surface area contributed by atoms with Crippen LogP contribution in [0.1, 0.15) is 63.0 Å². The zero-order valence-corrected chi connectivity index (χ0v) is 15.7. The number of halogens is 1. The molecule has 0 amide bonds. The molecule has 2 heteroatoms. The lowest BCUT2D eigenvalue weighted by molar-refractivity contribution is 0.252. The fourth-order valence-corrected chi connectivity index (χ4v) is 4.26. The normalized spacial score (nSPS) is 19.9. The van der Waals surface area contributed by atoms with Crippen molar-refractivity contribution in [3.8, 4) is 17.2 Å². The van der Waals surface area contributed by atoms with E-state index in [-0.39, 0.29) is 5.82 Å². The van der Waals surface area contributed by atoms with Crippen LogP contribution in [-0.2, 0) is 6.42 Å². The molecule has 1 saturated carbocycles. The van der Waals surface area contributed by atoms with E-state index in [0.717, 1.165) is 23.8 Å². The van der Waals surface area contributed by atoms with Crippen LogP contribution < -0.4 is 0 Å².